The highest BCUT2D eigenvalue weighted by Crippen LogP contribution is 2.27. The predicted octanol–water partition coefficient (Wildman–Crippen LogP) is 3.26. The van der Waals surface area contributed by atoms with Crippen LogP contribution in [0.4, 0.5) is 0 Å². The van der Waals surface area contributed by atoms with Crippen molar-refractivity contribution in [1.82, 2.24) is 15.4 Å². The summed E-state index contributed by atoms with van der Waals surface area (Å²) in [6.07, 6.45) is 0. The zero-order valence-electron chi connectivity index (χ0n) is 9.10. The Bertz CT molecular complexity index is 730. The zero-order chi connectivity index (χ0) is 11.8. The molecule has 0 aliphatic heterocycles. The molecule has 0 fully saturated rings. The Kier molecular flexibility index (Phi) is 2.26. The fraction of sp³-hybridized carbons (Fsp3) is 0.0833. The average Bonchev–Trinajstić information content (AvgIpc) is 2.74. The van der Waals surface area contributed by atoms with E-state index in [0.717, 1.165) is 22.3 Å². The minimum atomic E-state index is 0.554. The summed E-state index contributed by atoms with van der Waals surface area (Å²) in [6, 6.07) is 9.80. The van der Waals surface area contributed by atoms with Crippen molar-refractivity contribution in [3.8, 4) is 11.3 Å². The molecule has 1 aromatic carbocycles. The topological polar surface area (TPSA) is 54.7 Å². The first kappa shape index (κ1) is 10.2. The number of aromatic nitrogens is 3. The van der Waals surface area contributed by atoms with E-state index in [0.29, 0.717) is 10.2 Å². The second-order valence-corrected chi connectivity index (χ2v) is 4.15. The number of benzene rings is 1. The normalized spacial score (nSPS) is 10.9. The van der Waals surface area contributed by atoms with Crippen molar-refractivity contribution >= 4 is 23.2 Å². The van der Waals surface area contributed by atoms with E-state index in [4.69, 9.17) is 16.7 Å². The molecular weight excluding hydrogens is 234 g/mol. The lowest BCUT2D eigenvalue weighted by molar-refractivity contribution is 0.450. The van der Waals surface area contributed by atoms with Gasteiger partial charge in [0.2, 0.25) is 0 Å². The zero-order valence-corrected chi connectivity index (χ0v) is 9.91. The van der Waals surface area contributed by atoms with Gasteiger partial charge in [0.05, 0.1) is 11.1 Å². The average molecular weight is 243 g/mol. The lowest BCUT2D eigenvalue weighted by atomic mass is 10.1. The quantitative estimate of drug-likeness (QED) is 0.666. The van der Waals surface area contributed by atoms with E-state index in [1.807, 2.05) is 37.3 Å². The number of hydrogen-bond donors (Lipinski definition) is 1. The first-order valence-corrected chi connectivity index (χ1v) is 5.58. The van der Waals surface area contributed by atoms with Crippen LogP contribution in [0.5, 0.6) is 0 Å². The molecule has 2 heterocycles. The third-order valence-electron chi connectivity index (χ3n) is 2.62. The third kappa shape index (κ3) is 1.55. The molecule has 0 spiro atoms. The SMILES string of the molecule is Cc1noc2c(-c3ccccc3)n[nH]c(=S)c12. The van der Waals surface area contributed by atoms with E-state index >= 15 is 0 Å². The van der Waals surface area contributed by atoms with Crippen LogP contribution in [-0.2, 0) is 0 Å². The summed E-state index contributed by atoms with van der Waals surface area (Å²) >= 11 is 5.19. The number of rotatable bonds is 1. The van der Waals surface area contributed by atoms with E-state index < -0.39 is 0 Å². The molecule has 0 radical (unpaired) electrons. The molecule has 0 bridgehead atoms. The van der Waals surface area contributed by atoms with E-state index in [9.17, 15) is 0 Å². The van der Waals surface area contributed by atoms with Crippen molar-refractivity contribution in [3.63, 3.8) is 0 Å². The van der Waals surface area contributed by atoms with Crippen LogP contribution in [0.2, 0.25) is 0 Å². The molecule has 3 rings (SSSR count). The molecule has 0 aliphatic carbocycles. The van der Waals surface area contributed by atoms with Crippen molar-refractivity contribution in [2.24, 2.45) is 0 Å². The fourth-order valence-corrected chi connectivity index (χ4v) is 2.09. The maximum Gasteiger partial charge on any atom is 0.198 e. The number of nitrogens with zero attached hydrogens (tertiary/aromatic N) is 2. The molecule has 84 valence electrons. The van der Waals surface area contributed by atoms with Gasteiger partial charge in [0.1, 0.15) is 10.3 Å². The van der Waals surface area contributed by atoms with Gasteiger partial charge in [-0.2, -0.15) is 5.10 Å². The molecule has 2 aromatic heterocycles. The summed E-state index contributed by atoms with van der Waals surface area (Å²) in [7, 11) is 0. The smallest absolute Gasteiger partial charge is 0.198 e. The molecule has 0 atom stereocenters. The molecule has 5 heteroatoms. The first-order chi connectivity index (χ1) is 8.27. The molecule has 0 aliphatic rings. The molecule has 0 unspecified atom stereocenters. The Labute approximate surface area is 102 Å². The van der Waals surface area contributed by atoms with E-state index in [-0.39, 0.29) is 0 Å². The number of aryl methyl sites for hydroxylation is 1. The highest BCUT2D eigenvalue weighted by atomic mass is 32.1. The summed E-state index contributed by atoms with van der Waals surface area (Å²) in [5.41, 5.74) is 3.12. The summed E-state index contributed by atoms with van der Waals surface area (Å²) in [5, 5.41) is 11.8. The van der Waals surface area contributed by atoms with E-state index in [2.05, 4.69) is 15.4 Å². The lowest BCUT2D eigenvalue weighted by Gasteiger charge is -1.99. The maximum absolute atomic E-state index is 5.32. The van der Waals surface area contributed by atoms with E-state index in [1.165, 1.54) is 0 Å². The number of hydrogen-bond acceptors (Lipinski definition) is 4. The summed E-state index contributed by atoms with van der Waals surface area (Å²) < 4.78 is 5.87. The molecule has 0 saturated heterocycles. The van der Waals surface area contributed by atoms with Crippen molar-refractivity contribution in [2.75, 3.05) is 0 Å². The van der Waals surface area contributed by atoms with Crippen LogP contribution in [0.25, 0.3) is 22.2 Å². The van der Waals surface area contributed by atoms with Crippen LogP contribution >= 0.6 is 12.2 Å². The Morgan fingerprint density at radius 3 is 2.76 bits per heavy atom. The van der Waals surface area contributed by atoms with Crippen molar-refractivity contribution < 1.29 is 4.52 Å². The summed E-state index contributed by atoms with van der Waals surface area (Å²) in [6.45, 7) is 1.87. The third-order valence-corrected chi connectivity index (χ3v) is 2.92. The van der Waals surface area contributed by atoms with Gasteiger partial charge in [0.25, 0.3) is 0 Å². The highest BCUT2D eigenvalue weighted by Gasteiger charge is 2.13. The van der Waals surface area contributed by atoms with Crippen LogP contribution in [-0.4, -0.2) is 15.4 Å². The first-order valence-electron chi connectivity index (χ1n) is 5.17. The molecule has 0 saturated carbocycles. The van der Waals surface area contributed by atoms with Crippen LogP contribution in [0.1, 0.15) is 5.69 Å². The highest BCUT2D eigenvalue weighted by molar-refractivity contribution is 7.71. The maximum atomic E-state index is 5.32. The minimum absolute atomic E-state index is 0.554. The summed E-state index contributed by atoms with van der Waals surface area (Å²) in [5.74, 6) is 0. The number of nitrogens with one attached hydrogen (secondary N) is 1. The largest absolute Gasteiger partial charge is 0.353 e. The molecule has 0 amide bonds. The van der Waals surface area contributed by atoms with Crippen molar-refractivity contribution in [3.05, 3.63) is 40.7 Å². The monoisotopic (exact) mass is 243 g/mol. The van der Waals surface area contributed by atoms with Gasteiger partial charge >= 0.3 is 0 Å². The molecule has 4 nitrogen and oxygen atoms in total. The van der Waals surface area contributed by atoms with Gasteiger partial charge in [-0.25, -0.2) is 0 Å². The second kappa shape index (κ2) is 3.78. The van der Waals surface area contributed by atoms with Crippen LogP contribution in [0.3, 0.4) is 0 Å². The van der Waals surface area contributed by atoms with Gasteiger partial charge < -0.3 is 4.52 Å². The van der Waals surface area contributed by atoms with Crippen molar-refractivity contribution in [2.45, 2.75) is 6.92 Å². The van der Waals surface area contributed by atoms with Gasteiger partial charge in [0.15, 0.2) is 5.58 Å². The fourth-order valence-electron chi connectivity index (χ4n) is 1.80. The van der Waals surface area contributed by atoms with Crippen LogP contribution < -0.4 is 0 Å². The Hall–Kier alpha value is -2.01. The number of H-pyrrole nitrogens is 1. The van der Waals surface area contributed by atoms with Gasteiger partial charge in [-0.15, -0.1) is 0 Å². The Balaban J connectivity index is 2.40. The Morgan fingerprint density at radius 1 is 1.24 bits per heavy atom. The van der Waals surface area contributed by atoms with Gasteiger partial charge in [0, 0.05) is 5.56 Å². The molecule has 1 N–H and O–H groups in total. The van der Waals surface area contributed by atoms with Gasteiger partial charge in [-0.05, 0) is 6.92 Å². The van der Waals surface area contributed by atoms with Gasteiger partial charge in [-0.3, -0.25) is 5.10 Å². The van der Waals surface area contributed by atoms with Gasteiger partial charge in [-0.1, -0.05) is 47.7 Å². The lowest BCUT2D eigenvalue weighted by Crippen LogP contribution is -1.89. The minimum Gasteiger partial charge on any atom is -0.353 e. The molecule has 3 aromatic rings. The van der Waals surface area contributed by atoms with Crippen molar-refractivity contribution in [1.29, 1.82) is 0 Å². The standard InChI is InChI=1S/C12H9N3OS/c1-7-9-11(16-15-7)10(13-14-12(9)17)8-5-3-2-4-6-8/h2-6H,1H3,(H,14,17). The number of fused-ring (bicyclic) bond motifs is 1. The molecular formula is C12H9N3OS. The van der Waals surface area contributed by atoms with E-state index in [1.54, 1.807) is 0 Å². The predicted molar refractivity (Wildman–Crippen MR) is 67.2 cm³/mol. The number of aromatic amines is 1. The van der Waals surface area contributed by atoms with Crippen LogP contribution in [0.15, 0.2) is 34.9 Å². The summed E-state index contributed by atoms with van der Waals surface area (Å²) in [4.78, 5) is 0. The molecule has 17 heavy (non-hydrogen) atoms. The van der Waals surface area contributed by atoms with Crippen LogP contribution in [0, 0.1) is 11.6 Å². The second-order valence-electron chi connectivity index (χ2n) is 3.74. The Morgan fingerprint density at radius 2 is 2.00 bits per heavy atom.